The molecular formula is C15H12BrClN2S. The van der Waals surface area contributed by atoms with Gasteiger partial charge in [0.15, 0.2) is 4.77 Å². The normalized spacial score (nSPS) is 11.2. The molecule has 0 aliphatic heterocycles. The molecule has 0 radical (unpaired) electrons. The number of imidazole rings is 1. The van der Waals surface area contributed by atoms with E-state index in [1.807, 2.05) is 24.3 Å². The summed E-state index contributed by atoms with van der Waals surface area (Å²) in [4.78, 5) is 3.21. The van der Waals surface area contributed by atoms with E-state index in [9.17, 15) is 0 Å². The SMILES string of the molecule is CCc1cc(Br)ccc1-n1c(=S)[nH]c2cc(Cl)ccc21. The minimum absolute atomic E-state index is 0.680. The Hall–Kier alpha value is -1.10. The lowest BCUT2D eigenvalue weighted by atomic mass is 10.1. The zero-order valence-electron chi connectivity index (χ0n) is 10.8. The number of hydrogen-bond acceptors (Lipinski definition) is 1. The summed E-state index contributed by atoms with van der Waals surface area (Å²) in [6.07, 6.45) is 0.941. The van der Waals surface area contributed by atoms with Crippen LogP contribution in [0.5, 0.6) is 0 Å². The summed E-state index contributed by atoms with van der Waals surface area (Å²) in [7, 11) is 0. The fourth-order valence-electron chi connectivity index (χ4n) is 2.38. The summed E-state index contributed by atoms with van der Waals surface area (Å²) >= 11 is 15.0. The Morgan fingerprint density at radius 2 is 2.05 bits per heavy atom. The molecule has 20 heavy (non-hydrogen) atoms. The molecule has 1 aromatic heterocycles. The lowest BCUT2D eigenvalue weighted by molar-refractivity contribution is 1.01. The second-order valence-corrected chi connectivity index (χ2v) is 6.29. The third-order valence-corrected chi connectivity index (χ3v) is 4.32. The molecule has 2 aromatic carbocycles. The van der Waals surface area contributed by atoms with Gasteiger partial charge >= 0.3 is 0 Å². The molecule has 5 heteroatoms. The Bertz CT molecular complexity index is 851. The van der Waals surface area contributed by atoms with Gasteiger partial charge in [0.1, 0.15) is 0 Å². The van der Waals surface area contributed by atoms with Crippen LogP contribution in [0.2, 0.25) is 5.02 Å². The molecule has 3 rings (SSSR count). The van der Waals surface area contributed by atoms with E-state index >= 15 is 0 Å². The summed E-state index contributed by atoms with van der Waals surface area (Å²) in [5.41, 5.74) is 4.34. The van der Waals surface area contributed by atoms with E-state index < -0.39 is 0 Å². The van der Waals surface area contributed by atoms with Crippen molar-refractivity contribution < 1.29 is 0 Å². The number of nitrogens with zero attached hydrogens (tertiary/aromatic N) is 1. The quantitative estimate of drug-likeness (QED) is 0.579. The number of aromatic nitrogens is 2. The molecule has 0 amide bonds. The van der Waals surface area contributed by atoms with Crippen LogP contribution in [0.4, 0.5) is 0 Å². The summed E-state index contributed by atoms with van der Waals surface area (Å²) in [6, 6.07) is 12.0. The predicted octanol–water partition coefficient (Wildman–Crippen LogP) is 5.67. The van der Waals surface area contributed by atoms with Crippen molar-refractivity contribution in [3.8, 4) is 5.69 Å². The second-order valence-electron chi connectivity index (χ2n) is 4.55. The molecule has 0 atom stereocenters. The Labute approximate surface area is 135 Å². The van der Waals surface area contributed by atoms with E-state index in [4.69, 9.17) is 23.8 Å². The van der Waals surface area contributed by atoms with E-state index in [1.165, 1.54) is 5.56 Å². The predicted molar refractivity (Wildman–Crippen MR) is 90.5 cm³/mol. The molecular weight excluding hydrogens is 356 g/mol. The van der Waals surface area contributed by atoms with E-state index in [-0.39, 0.29) is 0 Å². The number of benzene rings is 2. The smallest absolute Gasteiger partial charge is 0.182 e. The van der Waals surface area contributed by atoms with Crippen molar-refractivity contribution in [2.45, 2.75) is 13.3 Å². The fourth-order valence-corrected chi connectivity index (χ4v) is 3.27. The Morgan fingerprint density at radius 1 is 1.25 bits per heavy atom. The molecule has 3 aromatic rings. The van der Waals surface area contributed by atoms with Gasteiger partial charge in [-0.05, 0) is 60.6 Å². The monoisotopic (exact) mass is 366 g/mol. The van der Waals surface area contributed by atoms with E-state index in [0.717, 1.165) is 27.6 Å². The minimum atomic E-state index is 0.680. The largest absolute Gasteiger partial charge is 0.330 e. The van der Waals surface area contributed by atoms with Crippen LogP contribution >= 0.6 is 39.7 Å². The van der Waals surface area contributed by atoms with Gasteiger partial charge in [0.2, 0.25) is 0 Å². The Morgan fingerprint density at radius 3 is 2.80 bits per heavy atom. The van der Waals surface area contributed by atoms with Crippen LogP contribution in [0.3, 0.4) is 0 Å². The van der Waals surface area contributed by atoms with Gasteiger partial charge in [-0.3, -0.25) is 4.57 Å². The first-order valence-corrected chi connectivity index (χ1v) is 7.87. The Balaban J connectivity index is 2.35. The van der Waals surface area contributed by atoms with Crippen molar-refractivity contribution in [2.75, 3.05) is 0 Å². The van der Waals surface area contributed by atoms with Gasteiger partial charge in [0, 0.05) is 9.50 Å². The van der Waals surface area contributed by atoms with Gasteiger partial charge < -0.3 is 4.98 Å². The van der Waals surface area contributed by atoms with Gasteiger partial charge in [-0.1, -0.05) is 34.5 Å². The lowest BCUT2D eigenvalue weighted by Gasteiger charge is -2.10. The van der Waals surface area contributed by atoms with Gasteiger partial charge in [0.05, 0.1) is 16.7 Å². The number of hydrogen-bond donors (Lipinski definition) is 1. The van der Waals surface area contributed by atoms with E-state index in [1.54, 1.807) is 0 Å². The number of fused-ring (bicyclic) bond motifs is 1. The maximum Gasteiger partial charge on any atom is 0.182 e. The highest BCUT2D eigenvalue weighted by atomic mass is 79.9. The third-order valence-electron chi connectivity index (χ3n) is 3.31. The molecule has 0 saturated heterocycles. The zero-order valence-corrected chi connectivity index (χ0v) is 13.9. The summed E-state index contributed by atoms with van der Waals surface area (Å²) in [5, 5.41) is 0.701. The molecule has 0 spiro atoms. The summed E-state index contributed by atoms with van der Waals surface area (Å²) in [5.74, 6) is 0. The molecule has 2 nitrogen and oxygen atoms in total. The van der Waals surface area contributed by atoms with Crippen molar-refractivity contribution in [1.29, 1.82) is 0 Å². The van der Waals surface area contributed by atoms with Crippen LogP contribution in [-0.4, -0.2) is 9.55 Å². The van der Waals surface area contributed by atoms with E-state index in [0.29, 0.717) is 9.79 Å². The maximum absolute atomic E-state index is 6.04. The van der Waals surface area contributed by atoms with Crippen LogP contribution in [0.1, 0.15) is 12.5 Å². The first kappa shape index (κ1) is 13.9. The molecule has 0 saturated carbocycles. The highest BCUT2D eigenvalue weighted by molar-refractivity contribution is 9.10. The standard InChI is InChI=1S/C15H12BrClN2S/c1-2-9-7-10(16)3-5-13(9)19-14-6-4-11(17)8-12(14)18-15(19)20/h3-8H,2H2,1H3,(H,18,20). The average molecular weight is 368 g/mol. The number of aryl methyl sites for hydroxylation is 1. The van der Waals surface area contributed by atoms with Crippen molar-refractivity contribution in [3.63, 3.8) is 0 Å². The number of H-pyrrole nitrogens is 1. The first-order valence-electron chi connectivity index (χ1n) is 6.29. The van der Waals surface area contributed by atoms with E-state index in [2.05, 4.69) is 44.5 Å². The molecule has 0 aliphatic carbocycles. The Kier molecular flexibility index (Phi) is 3.71. The van der Waals surface area contributed by atoms with Gasteiger partial charge in [0.25, 0.3) is 0 Å². The van der Waals surface area contributed by atoms with Crippen LogP contribution < -0.4 is 0 Å². The fraction of sp³-hybridized carbons (Fsp3) is 0.133. The average Bonchev–Trinajstić information content (AvgIpc) is 2.73. The number of rotatable bonds is 2. The van der Waals surface area contributed by atoms with Gasteiger partial charge in [-0.25, -0.2) is 0 Å². The third kappa shape index (κ3) is 2.32. The van der Waals surface area contributed by atoms with Crippen molar-refractivity contribution in [1.82, 2.24) is 9.55 Å². The molecule has 0 aliphatic rings. The van der Waals surface area contributed by atoms with Gasteiger partial charge in [-0.15, -0.1) is 0 Å². The van der Waals surface area contributed by atoms with Crippen molar-refractivity contribution in [2.24, 2.45) is 0 Å². The van der Waals surface area contributed by atoms with Crippen LogP contribution in [-0.2, 0) is 6.42 Å². The molecule has 0 unspecified atom stereocenters. The molecule has 102 valence electrons. The minimum Gasteiger partial charge on any atom is -0.330 e. The second kappa shape index (κ2) is 5.35. The van der Waals surface area contributed by atoms with Crippen LogP contribution in [0, 0.1) is 4.77 Å². The first-order chi connectivity index (χ1) is 9.60. The zero-order chi connectivity index (χ0) is 14.3. The van der Waals surface area contributed by atoms with Crippen molar-refractivity contribution >= 4 is 50.8 Å². The lowest BCUT2D eigenvalue weighted by Crippen LogP contribution is -1.99. The topological polar surface area (TPSA) is 20.7 Å². The van der Waals surface area contributed by atoms with Crippen LogP contribution in [0.15, 0.2) is 40.9 Å². The van der Waals surface area contributed by atoms with Crippen LogP contribution in [0.25, 0.3) is 16.7 Å². The highest BCUT2D eigenvalue weighted by Gasteiger charge is 2.10. The maximum atomic E-state index is 6.04. The van der Waals surface area contributed by atoms with Gasteiger partial charge in [-0.2, -0.15) is 0 Å². The van der Waals surface area contributed by atoms with Crippen molar-refractivity contribution in [3.05, 3.63) is 56.2 Å². The number of aromatic amines is 1. The molecule has 1 heterocycles. The summed E-state index contributed by atoms with van der Waals surface area (Å²) < 4.78 is 3.82. The molecule has 0 fully saturated rings. The molecule has 0 bridgehead atoms. The summed E-state index contributed by atoms with van der Waals surface area (Å²) in [6.45, 7) is 2.14. The molecule has 1 N–H and O–H groups in total. The number of nitrogens with one attached hydrogen (secondary N) is 1. The number of halogens is 2. The highest BCUT2D eigenvalue weighted by Crippen LogP contribution is 2.26.